The maximum absolute atomic E-state index is 12.8. The highest BCUT2D eigenvalue weighted by Gasteiger charge is 2.20. The van der Waals surface area contributed by atoms with Crippen molar-refractivity contribution >= 4 is 44.9 Å². The lowest BCUT2D eigenvalue weighted by Crippen LogP contribution is -2.12. The lowest BCUT2D eigenvalue weighted by atomic mass is 9.96. The number of amides is 1. The van der Waals surface area contributed by atoms with Crippen LogP contribution in [-0.2, 0) is 12.8 Å². The normalized spacial score (nSPS) is 12.9. The molecule has 186 valence electrons. The average Bonchev–Trinajstić information content (AvgIpc) is 3.60. The summed E-state index contributed by atoms with van der Waals surface area (Å²) in [5.41, 5.74) is 6.97. The van der Waals surface area contributed by atoms with Gasteiger partial charge >= 0.3 is 0 Å². The summed E-state index contributed by atoms with van der Waals surface area (Å²) in [5, 5.41) is 23.0. The van der Waals surface area contributed by atoms with Crippen LogP contribution in [0.25, 0.3) is 33.2 Å². The Hall–Kier alpha value is -5.12. The molecule has 0 spiro atoms. The highest BCUT2D eigenvalue weighted by Crippen LogP contribution is 2.32. The molecule has 4 heterocycles. The molecule has 7 rings (SSSR count). The summed E-state index contributed by atoms with van der Waals surface area (Å²) < 4.78 is 0. The van der Waals surface area contributed by atoms with Gasteiger partial charge in [0.05, 0.1) is 29.8 Å². The van der Waals surface area contributed by atoms with Crippen LogP contribution in [0.3, 0.4) is 0 Å². The quantitative estimate of drug-likeness (QED) is 0.256. The highest BCUT2D eigenvalue weighted by molar-refractivity contribution is 6.06. The molecular formula is C28H23N9O. The molecule has 10 nitrogen and oxygen atoms in total. The zero-order chi connectivity index (χ0) is 25.5. The van der Waals surface area contributed by atoms with Crippen molar-refractivity contribution in [3.63, 3.8) is 0 Å². The first kappa shape index (κ1) is 22.1. The van der Waals surface area contributed by atoms with E-state index in [9.17, 15) is 4.79 Å². The molecule has 38 heavy (non-hydrogen) atoms. The summed E-state index contributed by atoms with van der Waals surface area (Å²) in [4.78, 5) is 25.9. The number of fused-ring (bicyclic) bond motifs is 3. The summed E-state index contributed by atoms with van der Waals surface area (Å²) >= 11 is 0. The molecule has 1 aliphatic carbocycles. The molecule has 0 fully saturated rings. The second-order valence-electron chi connectivity index (χ2n) is 9.40. The number of aromatic amines is 2. The third kappa shape index (κ3) is 4.11. The fourth-order valence-corrected chi connectivity index (χ4v) is 4.94. The van der Waals surface area contributed by atoms with E-state index in [-0.39, 0.29) is 5.91 Å². The standard InChI is InChI=1S/C28H23N9O/c38-28(33-20-9-10-29-30-15-20)25-12-16-5-6-17(13-24(16)34-25)26-35-23-4-2-1-3-21(23)27(36-26)32-19-7-8-22-18(11-19)14-31-37-22/h5-15,34H,1-4H2,(H,31,37)(H,29,33,38)(H,32,35,36). The molecule has 0 aliphatic heterocycles. The van der Waals surface area contributed by atoms with Gasteiger partial charge in [-0.2, -0.15) is 15.3 Å². The van der Waals surface area contributed by atoms with Gasteiger partial charge in [0.1, 0.15) is 11.5 Å². The number of nitrogens with zero attached hydrogens (tertiary/aromatic N) is 5. The Morgan fingerprint density at radius 2 is 1.79 bits per heavy atom. The Balaban J connectivity index is 1.23. The molecule has 0 saturated heterocycles. The fourth-order valence-electron chi connectivity index (χ4n) is 4.94. The number of carbonyl (C=O) groups is 1. The van der Waals surface area contributed by atoms with Crippen LogP contribution in [0.2, 0.25) is 0 Å². The molecule has 2 aromatic carbocycles. The summed E-state index contributed by atoms with van der Waals surface area (Å²) in [7, 11) is 0. The van der Waals surface area contributed by atoms with Gasteiger partial charge in [0.25, 0.3) is 5.91 Å². The van der Waals surface area contributed by atoms with E-state index in [1.165, 1.54) is 18.0 Å². The Morgan fingerprint density at radius 3 is 2.71 bits per heavy atom. The van der Waals surface area contributed by atoms with E-state index in [4.69, 9.17) is 9.97 Å². The first-order valence-electron chi connectivity index (χ1n) is 12.5. The predicted molar refractivity (Wildman–Crippen MR) is 145 cm³/mol. The van der Waals surface area contributed by atoms with Crippen LogP contribution < -0.4 is 10.6 Å². The monoisotopic (exact) mass is 501 g/mol. The van der Waals surface area contributed by atoms with Gasteiger partial charge in [0.2, 0.25) is 0 Å². The van der Waals surface area contributed by atoms with E-state index in [1.54, 1.807) is 6.07 Å². The van der Waals surface area contributed by atoms with Crippen molar-refractivity contribution in [3.8, 4) is 11.4 Å². The van der Waals surface area contributed by atoms with Gasteiger partial charge in [-0.3, -0.25) is 9.89 Å². The number of H-pyrrole nitrogens is 2. The number of aryl methyl sites for hydroxylation is 1. The topological polar surface area (TPSA) is 137 Å². The zero-order valence-corrected chi connectivity index (χ0v) is 20.3. The van der Waals surface area contributed by atoms with Gasteiger partial charge in [0.15, 0.2) is 5.82 Å². The molecule has 0 atom stereocenters. The van der Waals surface area contributed by atoms with Gasteiger partial charge in [-0.15, -0.1) is 0 Å². The number of aromatic nitrogens is 7. The molecule has 1 amide bonds. The number of hydrogen-bond donors (Lipinski definition) is 4. The highest BCUT2D eigenvalue weighted by atomic mass is 16.1. The van der Waals surface area contributed by atoms with Crippen molar-refractivity contribution in [2.75, 3.05) is 10.6 Å². The lowest BCUT2D eigenvalue weighted by Gasteiger charge is -2.20. The van der Waals surface area contributed by atoms with E-state index < -0.39 is 0 Å². The van der Waals surface area contributed by atoms with Gasteiger partial charge in [0, 0.05) is 38.8 Å². The Morgan fingerprint density at radius 1 is 0.842 bits per heavy atom. The van der Waals surface area contributed by atoms with Crippen LogP contribution in [0.4, 0.5) is 17.2 Å². The molecule has 1 aliphatic rings. The van der Waals surface area contributed by atoms with E-state index in [0.717, 1.165) is 70.3 Å². The number of carbonyl (C=O) groups excluding carboxylic acids is 1. The van der Waals surface area contributed by atoms with E-state index in [0.29, 0.717) is 17.2 Å². The minimum atomic E-state index is -0.248. The Kier molecular flexibility index (Phi) is 5.28. The van der Waals surface area contributed by atoms with Crippen LogP contribution in [0.5, 0.6) is 0 Å². The summed E-state index contributed by atoms with van der Waals surface area (Å²) in [5.74, 6) is 1.25. The van der Waals surface area contributed by atoms with Crippen molar-refractivity contribution in [3.05, 3.63) is 84.1 Å². The lowest BCUT2D eigenvalue weighted by molar-refractivity contribution is 0.102. The molecule has 6 aromatic rings. The summed E-state index contributed by atoms with van der Waals surface area (Å²) in [6, 6.07) is 15.6. The Bertz CT molecular complexity index is 1810. The Labute approximate surface area is 216 Å². The van der Waals surface area contributed by atoms with Gasteiger partial charge < -0.3 is 15.6 Å². The van der Waals surface area contributed by atoms with Crippen molar-refractivity contribution in [2.24, 2.45) is 0 Å². The fraction of sp³-hybridized carbons (Fsp3) is 0.143. The number of benzene rings is 2. The van der Waals surface area contributed by atoms with Crippen LogP contribution in [-0.4, -0.2) is 41.3 Å². The maximum Gasteiger partial charge on any atom is 0.272 e. The van der Waals surface area contributed by atoms with Gasteiger partial charge in [-0.05, 0) is 62.1 Å². The summed E-state index contributed by atoms with van der Waals surface area (Å²) in [6.45, 7) is 0. The van der Waals surface area contributed by atoms with Gasteiger partial charge in [-0.25, -0.2) is 9.97 Å². The summed E-state index contributed by atoms with van der Waals surface area (Å²) in [6.07, 6.45) is 8.97. The van der Waals surface area contributed by atoms with Crippen LogP contribution in [0.15, 0.2) is 67.1 Å². The third-order valence-corrected chi connectivity index (χ3v) is 6.85. The van der Waals surface area contributed by atoms with Crippen LogP contribution in [0.1, 0.15) is 34.6 Å². The predicted octanol–water partition coefficient (Wildman–Crippen LogP) is 5.17. The number of rotatable bonds is 5. The molecule has 4 aromatic heterocycles. The maximum atomic E-state index is 12.8. The van der Waals surface area contributed by atoms with Crippen molar-refractivity contribution < 1.29 is 4.79 Å². The van der Waals surface area contributed by atoms with Crippen molar-refractivity contribution in [1.82, 2.24) is 35.3 Å². The number of anilines is 3. The second-order valence-corrected chi connectivity index (χ2v) is 9.40. The molecule has 0 radical (unpaired) electrons. The first-order valence-corrected chi connectivity index (χ1v) is 12.5. The van der Waals surface area contributed by atoms with E-state index in [1.807, 2.05) is 42.6 Å². The number of nitrogens with one attached hydrogen (secondary N) is 4. The van der Waals surface area contributed by atoms with Gasteiger partial charge in [-0.1, -0.05) is 12.1 Å². The SMILES string of the molecule is O=C(Nc1ccnnc1)c1cc2ccc(-c3nc4c(c(Nc5ccc6[nH]ncc6c5)n3)CCCC4)cc2[nH]1. The number of hydrogen-bond acceptors (Lipinski definition) is 7. The van der Waals surface area contributed by atoms with Crippen LogP contribution >= 0.6 is 0 Å². The van der Waals surface area contributed by atoms with E-state index >= 15 is 0 Å². The molecule has 0 saturated carbocycles. The zero-order valence-electron chi connectivity index (χ0n) is 20.3. The molecular weight excluding hydrogens is 478 g/mol. The minimum absolute atomic E-state index is 0.248. The second kappa shape index (κ2) is 9.07. The molecule has 10 heteroatoms. The molecule has 0 bridgehead atoms. The van der Waals surface area contributed by atoms with Crippen molar-refractivity contribution in [1.29, 1.82) is 0 Å². The first-order chi connectivity index (χ1) is 18.7. The largest absolute Gasteiger partial charge is 0.350 e. The molecule has 4 N–H and O–H groups in total. The van der Waals surface area contributed by atoms with Crippen molar-refractivity contribution in [2.45, 2.75) is 25.7 Å². The average molecular weight is 502 g/mol. The van der Waals surface area contributed by atoms with E-state index in [2.05, 4.69) is 42.1 Å². The third-order valence-electron chi connectivity index (χ3n) is 6.85. The minimum Gasteiger partial charge on any atom is -0.350 e. The smallest absolute Gasteiger partial charge is 0.272 e. The van der Waals surface area contributed by atoms with Crippen LogP contribution in [0, 0.1) is 0 Å². The molecule has 0 unspecified atom stereocenters.